The van der Waals surface area contributed by atoms with E-state index in [1.807, 2.05) is 0 Å². The molecule has 0 aromatic rings. The third-order valence-corrected chi connectivity index (χ3v) is 2.01. The molecular formula is C9H19N3O2. The molecule has 0 bridgehead atoms. The highest BCUT2D eigenvalue weighted by atomic mass is 16.2. The summed E-state index contributed by atoms with van der Waals surface area (Å²) in [4.78, 5) is 24.0. The Balaban J connectivity index is 4.12. The Bertz CT molecular complexity index is 216. The fourth-order valence-electron chi connectivity index (χ4n) is 1.18. The van der Waals surface area contributed by atoms with Gasteiger partial charge in [-0.1, -0.05) is 6.92 Å². The average Bonchev–Trinajstić information content (AvgIpc) is 2.14. The minimum atomic E-state index is -0.517. The molecule has 0 saturated carbocycles. The molecular weight excluding hydrogens is 182 g/mol. The highest BCUT2D eigenvalue weighted by Crippen LogP contribution is 1.99. The van der Waals surface area contributed by atoms with E-state index in [1.54, 1.807) is 27.9 Å². The van der Waals surface area contributed by atoms with E-state index in [1.165, 1.54) is 4.90 Å². The molecule has 0 radical (unpaired) electrons. The number of nitrogens with two attached hydrogens (primary N) is 1. The fraction of sp³-hybridized carbons (Fsp3) is 0.778. The number of hydrogen-bond acceptors (Lipinski definition) is 3. The van der Waals surface area contributed by atoms with Crippen LogP contribution in [0.25, 0.3) is 0 Å². The van der Waals surface area contributed by atoms with Crippen LogP contribution in [0, 0.1) is 5.92 Å². The van der Waals surface area contributed by atoms with Gasteiger partial charge in [0.25, 0.3) is 0 Å². The molecule has 0 aliphatic rings. The third kappa shape index (κ3) is 3.74. The monoisotopic (exact) mass is 201 g/mol. The molecule has 0 aliphatic carbocycles. The van der Waals surface area contributed by atoms with Crippen molar-refractivity contribution in [3.05, 3.63) is 0 Å². The molecule has 2 amide bonds. The van der Waals surface area contributed by atoms with Gasteiger partial charge in [-0.05, 0) is 6.92 Å². The van der Waals surface area contributed by atoms with E-state index in [2.05, 4.69) is 5.32 Å². The zero-order chi connectivity index (χ0) is 11.3. The summed E-state index contributed by atoms with van der Waals surface area (Å²) in [6.07, 6.45) is 0. The van der Waals surface area contributed by atoms with Crippen molar-refractivity contribution in [2.45, 2.75) is 19.9 Å². The Hall–Kier alpha value is -1.10. The van der Waals surface area contributed by atoms with Gasteiger partial charge in [0.1, 0.15) is 0 Å². The first kappa shape index (κ1) is 12.9. The van der Waals surface area contributed by atoms with Gasteiger partial charge in [-0.15, -0.1) is 0 Å². The predicted octanol–water partition coefficient (Wildman–Crippen LogP) is -0.826. The lowest BCUT2D eigenvalue weighted by atomic mass is 10.1. The zero-order valence-corrected chi connectivity index (χ0v) is 9.20. The van der Waals surface area contributed by atoms with Gasteiger partial charge in [0.05, 0.1) is 12.0 Å². The molecule has 2 atom stereocenters. The van der Waals surface area contributed by atoms with Crippen LogP contribution in [-0.2, 0) is 9.59 Å². The third-order valence-electron chi connectivity index (χ3n) is 2.01. The molecule has 0 rings (SSSR count). The van der Waals surface area contributed by atoms with E-state index >= 15 is 0 Å². The molecule has 0 saturated heterocycles. The topological polar surface area (TPSA) is 75.4 Å². The predicted molar refractivity (Wildman–Crippen MR) is 54.5 cm³/mol. The number of nitrogens with one attached hydrogen (secondary N) is 1. The largest absolute Gasteiger partial charge is 0.359 e. The van der Waals surface area contributed by atoms with Crippen LogP contribution in [0.4, 0.5) is 0 Å². The number of carbonyl (C=O) groups is 2. The van der Waals surface area contributed by atoms with E-state index in [4.69, 9.17) is 5.73 Å². The van der Waals surface area contributed by atoms with Gasteiger partial charge >= 0.3 is 0 Å². The molecule has 14 heavy (non-hydrogen) atoms. The van der Waals surface area contributed by atoms with Crippen molar-refractivity contribution in [3.63, 3.8) is 0 Å². The summed E-state index contributed by atoms with van der Waals surface area (Å²) < 4.78 is 0. The van der Waals surface area contributed by atoms with Crippen molar-refractivity contribution in [3.8, 4) is 0 Å². The Kier molecular flexibility index (Phi) is 5.15. The van der Waals surface area contributed by atoms with E-state index in [0.29, 0.717) is 6.54 Å². The number of rotatable bonds is 4. The van der Waals surface area contributed by atoms with Gasteiger partial charge < -0.3 is 16.0 Å². The molecule has 0 fully saturated rings. The van der Waals surface area contributed by atoms with Gasteiger partial charge in [0.15, 0.2) is 0 Å². The molecule has 2 unspecified atom stereocenters. The Morgan fingerprint density at radius 3 is 2.29 bits per heavy atom. The van der Waals surface area contributed by atoms with Crippen LogP contribution in [0.15, 0.2) is 0 Å². The molecule has 0 spiro atoms. The highest BCUT2D eigenvalue weighted by Gasteiger charge is 2.18. The molecule has 5 nitrogen and oxygen atoms in total. The summed E-state index contributed by atoms with van der Waals surface area (Å²) >= 11 is 0. The Morgan fingerprint density at radius 1 is 1.43 bits per heavy atom. The van der Waals surface area contributed by atoms with E-state index in [9.17, 15) is 9.59 Å². The lowest BCUT2D eigenvalue weighted by Gasteiger charge is -2.22. The van der Waals surface area contributed by atoms with Crippen molar-refractivity contribution in [1.82, 2.24) is 10.2 Å². The summed E-state index contributed by atoms with van der Waals surface area (Å²) in [5, 5.41) is 2.53. The second kappa shape index (κ2) is 5.59. The Labute approximate surface area is 84.6 Å². The zero-order valence-electron chi connectivity index (χ0n) is 9.20. The summed E-state index contributed by atoms with van der Waals surface area (Å²) in [6.45, 7) is 3.78. The summed E-state index contributed by atoms with van der Waals surface area (Å²) in [6, 6.07) is -0.517. The number of likely N-dealkylation sites (N-methyl/N-ethyl adjacent to an activating group) is 1. The van der Waals surface area contributed by atoms with Gasteiger partial charge in [0, 0.05) is 20.6 Å². The second-order valence-electron chi connectivity index (χ2n) is 3.52. The van der Waals surface area contributed by atoms with Crippen LogP contribution < -0.4 is 11.1 Å². The first-order chi connectivity index (χ1) is 6.40. The standard InChI is InChI=1S/C9H19N3O2/c1-6(8(13)11-3)5-12(4)9(14)7(2)10/h6-7H,5,10H2,1-4H3,(H,11,13). The van der Waals surface area contributed by atoms with Crippen LogP contribution in [0.2, 0.25) is 0 Å². The molecule has 0 aromatic heterocycles. The van der Waals surface area contributed by atoms with Gasteiger partial charge in [-0.3, -0.25) is 9.59 Å². The smallest absolute Gasteiger partial charge is 0.238 e. The molecule has 0 heterocycles. The molecule has 5 heteroatoms. The normalized spacial score (nSPS) is 14.4. The van der Waals surface area contributed by atoms with Crippen LogP contribution >= 0.6 is 0 Å². The average molecular weight is 201 g/mol. The lowest BCUT2D eigenvalue weighted by Crippen LogP contribution is -2.43. The van der Waals surface area contributed by atoms with Gasteiger partial charge in [0.2, 0.25) is 11.8 Å². The molecule has 0 aliphatic heterocycles. The minimum absolute atomic E-state index is 0.0747. The highest BCUT2D eigenvalue weighted by molar-refractivity contribution is 5.82. The van der Waals surface area contributed by atoms with Crippen molar-refractivity contribution in [1.29, 1.82) is 0 Å². The first-order valence-corrected chi connectivity index (χ1v) is 4.62. The van der Waals surface area contributed by atoms with E-state index in [0.717, 1.165) is 0 Å². The molecule has 82 valence electrons. The van der Waals surface area contributed by atoms with Crippen molar-refractivity contribution >= 4 is 11.8 Å². The quantitative estimate of drug-likeness (QED) is 0.623. The SMILES string of the molecule is CNC(=O)C(C)CN(C)C(=O)C(C)N. The van der Waals surface area contributed by atoms with Crippen LogP contribution in [0.3, 0.4) is 0 Å². The van der Waals surface area contributed by atoms with E-state index < -0.39 is 6.04 Å². The Morgan fingerprint density at radius 2 is 1.93 bits per heavy atom. The molecule has 0 aromatic carbocycles. The van der Waals surface area contributed by atoms with Gasteiger partial charge in [-0.2, -0.15) is 0 Å². The number of hydrogen-bond donors (Lipinski definition) is 2. The lowest BCUT2D eigenvalue weighted by molar-refractivity contribution is -0.132. The van der Waals surface area contributed by atoms with E-state index in [-0.39, 0.29) is 17.7 Å². The van der Waals surface area contributed by atoms with Crippen LogP contribution in [-0.4, -0.2) is 43.4 Å². The van der Waals surface area contributed by atoms with Crippen molar-refractivity contribution in [2.75, 3.05) is 20.6 Å². The number of carbonyl (C=O) groups excluding carboxylic acids is 2. The maximum Gasteiger partial charge on any atom is 0.238 e. The first-order valence-electron chi connectivity index (χ1n) is 4.62. The van der Waals surface area contributed by atoms with Crippen LogP contribution in [0.5, 0.6) is 0 Å². The maximum absolute atomic E-state index is 11.4. The minimum Gasteiger partial charge on any atom is -0.359 e. The second-order valence-corrected chi connectivity index (χ2v) is 3.52. The summed E-state index contributed by atoms with van der Waals surface area (Å²) in [5.41, 5.74) is 5.43. The van der Waals surface area contributed by atoms with Gasteiger partial charge in [-0.25, -0.2) is 0 Å². The summed E-state index contributed by atoms with van der Waals surface area (Å²) in [7, 11) is 3.22. The number of amides is 2. The molecule has 3 N–H and O–H groups in total. The maximum atomic E-state index is 11.4. The fourth-order valence-corrected chi connectivity index (χ4v) is 1.18. The van der Waals surface area contributed by atoms with Crippen molar-refractivity contribution < 1.29 is 9.59 Å². The van der Waals surface area contributed by atoms with Crippen molar-refractivity contribution in [2.24, 2.45) is 11.7 Å². The van der Waals surface area contributed by atoms with Crippen LogP contribution in [0.1, 0.15) is 13.8 Å². The summed E-state index contributed by atoms with van der Waals surface area (Å²) in [5.74, 6) is -0.442. The number of nitrogens with zero attached hydrogens (tertiary/aromatic N) is 1.